The number of thiophene rings is 1. The third-order valence-corrected chi connectivity index (χ3v) is 6.49. The van der Waals surface area contributed by atoms with Crippen LogP contribution in [-0.2, 0) is 11.3 Å². The molecule has 0 aliphatic rings. The standard InChI is InChI=1S/C18H14N4OS3/c23-16(11-25-18-22-13-3-1-2-4-15(13)26-18)21-9-14-17(20-7-6-19-14)12-5-8-24-10-12/h1-8,10H,9,11H2,(H,21,23). The second-order valence-corrected chi connectivity index (χ2v) is 8.41. The summed E-state index contributed by atoms with van der Waals surface area (Å²) in [6.07, 6.45) is 3.31. The Morgan fingerprint density at radius 1 is 1.15 bits per heavy atom. The Labute approximate surface area is 162 Å². The van der Waals surface area contributed by atoms with Crippen LogP contribution in [0.25, 0.3) is 21.5 Å². The van der Waals surface area contributed by atoms with Crippen LogP contribution in [0.5, 0.6) is 0 Å². The smallest absolute Gasteiger partial charge is 0.230 e. The van der Waals surface area contributed by atoms with Gasteiger partial charge in [0.2, 0.25) is 5.91 Å². The van der Waals surface area contributed by atoms with Crippen molar-refractivity contribution in [2.45, 2.75) is 10.9 Å². The van der Waals surface area contributed by atoms with E-state index in [0.29, 0.717) is 12.3 Å². The maximum absolute atomic E-state index is 12.2. The Balaban J connectivity index is 1.36. The van der Waals surface area contributed by atoms with Gasteiger partial charge in [0.05, 0.1) is 33.9 Å². The van der Waals surface area contributed by atoms with Gasteiger partial charge in [0.25, 0.3) is 0 Å². The molecule has 0 radical (unpaired) electrons. The summed E-state index contributed by atoms with van der Waals surface area (Å²) < 4.78 is 2.04. The molecule has 1 amide bonds. The van der Waals surface area contributed by atoms with Crippen LogP contribution in [0.1, 0.15) is 5.69 Å². The number of nitrogens with one attached hydrogen (secondary N) is 1. The molecule has 0 atom stereocenters. The molecule has 0 saturated heterocycles. The molecule has 26 heavy (non-hydrogen) atoms. The van der Waals surface area contributed by atoms with Crippen LogP contribution in [-0.4, -0.2) is 26.6 Å². The number of amides is 1. The molecule has 3 heterocycles. The van der Waals surface area contributed by atoms with Gasteiger partial charge in [-0.1, -0.05) is 23.9 Å². The Bertz CT molecular complexity index is 997. The second kappa shape index (κ2) is 7.94. The predicted molar refractivity (Wildman–Crippen MR) is 108 cm³/mol. The molecule has 0 saturated carbocycles. The molecular formula is C18H14N4OS3. The zero-order chi connectivity index (χ0) is 17.8. The van der Waals surface area contributed by atoms with Gasteiger partial charge < -0.3 is 5.32 Å². The fourth-order valence-corrected chi connectivity index (χ4v) is 4.95. The molecular weight excluding hydrogens is 384 g/mol. The van der Waals surface area contributed by atoms with Crippen LogP contribution in [0.15, 0.2) is 57.8 Å². The lowest BCUT2D eigenvalue weighted by Gasteiger charge is -2.07. The van der Waals surface area contributed by atoms with Crippen LogP contribution < -0.4 is 5.32 Å². The number of rotatable bonds is 6. The van der Waals surface area contributed by atoms with Gasteiger partial charge in [-0.2, -0.15) is 11.3 Å². The second-order valence-electron chi connectivity index (χ2n) is 5.38. The zero-order valence-corrected chi connectivity index (χ0v) is 16.0. The summed E-state index contributed by atoms with van der Waals surface area (Å²) in [6, 6.07) is 9.99. The van der Waals surface area contributed by atoms with Crippen molar-refractivity contribution in [1.29, 1.82) is 0 Å². The molecule has 1 N–H and O–H groups in total. The Hall–Kier alpha value is -2.29. The quantitative estimate of drug-likeness (QED) is 0.493. The first-order chi connectivity index (χ1) is 12.8. The minimum atomic E-state index is -0.0452. The van der Waals surface area contributed by atoms with Crippen molar-refractivity contribution >= 4 is 50.6 Å². The van der Waals surface area contributed by atoms with E-state index >= 15 is 0 Å². The summed E-state index contributed by atoms with van der Waals surface area (Å²) in [5.74, 6) is 0.282. The third kappa shape index (κ3) is 3.92. The Morgan fingerprint density at radius 2 is 2.04 bits per heavy atom. The first-order valence-corrected chi connectivity index (χ1v) is 10.6. The van der Waals surface area contributed by atoms with E-state index in [4.69, 9.17) is 0 Å². The highest BCUT2D eigenvalue weighted by Gasteiger charge is 2.11. The maximum Gasteiger partial charge on any atom is 0.230 e. The van der Waals surface area contributed by atoms with Crippen LogP contribution in [0.2, 0.25) is 0 Å². The van der Waals surface area contributed by atoms with Gasteiger partial charge in [-0.05, 0) is 23.6 Å². The van der Waals surface area contributed by atoms with Gasteiger partial charge in [-0.15, -0.1) is 11.3 Å². The van der Waals surface area contributed by atoms with Crippen molar-refractivity contribution in [1.82, 2.24) is 20.3 Å². The normalized spacial score (nSPS) is 10.9. The molecule has 1 aromatic carbocycles. The third-order valence-electron chi connectivity index (χ3n) is 3.62. The number of thioether (sulfide) groups is 1. The number of thiazole rings is 1. The van der Waals surface area contributed by atoms with E-state index < -0.39 is 0 Å². The van der Waals surface area contributed by atoms with E-state index in [-0.39, 0.29) is 5.91 Å². The molecule has 8 heteroatoms. The molecule has 0 unspecified atom stereocenters. The van der Waals surface area contributed by atoms with Gasteiger partial charge in [-0.25, -0.2) is 4.98 Å². The lowest BCUT2D eigenvalue weighted by Crippen LogP contribution is -2.25. The molecule has 5 nitrogen and oxygen atoms in total. The number of nitrogens with zero attached hydrogens (tertiary/aromatic N) is 3. The lowest BCUT2D eigenvalue weighted by atomic mass is 10.2. The van der Waals surface area contributed by atoms with E-state index in [0.717, 1.165) is 31.5 Å². The number of hydrogen-bond acceptors (Lipinski definition) is 7. The summed E-state index contributed by atoms with van der Waals surface area (Å²) in [5, 5.41) is 6.95. The van der Waals surface area contributed by atoms with Crippen LogP contribution in [0.3, 0.4) is 0 Å². The SMILES string of the molecule is O=C(CSc1nc2ccccc2s1)NCc1nccnc1-c1ccsc1. The Morgan fingerprint density at radius 3 is 2.88 bits per heavy atom. The molecule has 130 valence electrons. The van der Waals surface area contributed by atoms with Crippen molar-refractivity contribution in [3.8, 4) is 11.3 Å². The zero-order valence-electron chi connectivity index (χ0n) is 13.6. The largest absolute Gasteiger partial charge is 0.350 e. The minimum Gasteiger partial charge on any atom is -0.350 e. The van der Waals surface area contributed by atoms with Gasteiger partial charge in [0.15, 0.2) is 4.34 Å². The van der Waals surface area contributed by atoms with Gasteiger partial charge >= 0.3 is 0 Å². The average molecular weight is 399 g/mol. The molecule has 0 fully saturated rings. The fraction of sp³-hybridized carbons (Fsp3) is 0.111. The van der Waals surface area contributed by atoms with Crippen molar-refractivity contribution in [2.24, 2.45) is 0 Å². The van der Waals surface area contributed by atoms with Crippen molar-refractivity contribution < 1.29 is 4.79 Å². The average Bonchev–Trinajstić information content (AvgIpc) is 3.34. The van der Waals surface area contributed by atoms with E-state index in [2.05, 4.69) is 20.3 Å². The molecule has 0 bridgehead atoms. The molecule has 4 rings (SSSR count). The Kier molecular flexibility index (Phi) is 5.24. The summed E-state index contributed by atoms with van der Waals surface area (Å²) >= 11 is 4.67. The van der Waals surface area contributed by atoms with Gasteiger partial charge in [0.1, 0.15) is 0 Å². The van der Waals surface area contributed by atoms with Crippen molar-refractivity contribution in [3.05, 3.63) is 59.2 Å². The van der Waals surface area contributed by atoms with Crippen molar-refractivity contribution in [2.75, 3.05) is 5.75 Å². The highest BCUT2D eigenvalue weighted by atomic mass is 32.2. The first-order valence-electron chi connectivity index (χ1n) is 7.87. The topological polar surface area (TPSA) is 67.8 Å². The maximum atomic E-state index is 12.2. The minimum absolute atomic E-state index is 0.0452. The predicted octanol–water partition coefficient (Wildman–Crippen LogP) is 4.22. The summed E-state index contributed by atoms with van der Waals surface area (Å²) in [5.41, 5.74) is 3.58. The van der Waals surface area contributed by atoms with Crippen LogP contribution >= 0.6 is 34.4 Å². The number of carbonyl (C=O) groups excluding carboxylic acids is 1. The summed E-state index contributed by atoms with van der Waals surface area (Å²) in [4.78, 5) is 25.5. The molecule has 4 aromatic rings. The molecule has 0 spiro atoms. The number of fused-ring (bicyclic) bond motifs is 1. The fourth-order valence-electron chi connectivity index (χ4n) is 2.41. The highest BCUT2D eigenvalue weighted by Crippen LogP contribution is 2.29. The monoisotopic (exact) mass is 398 g/mol. The molecule has 3 aromatic heterocycles. The van der Waals surface area contributed by atoms with Crippen LogP contribution in [0.4, 0.5) is 0 Å². The summed E-state index contributed by atoms with van der Waals surface area (Å²) in [6.45, 7) is 0.359. The van der Waals surface area contributed by atoms with Gasteiger partial charge in [0, 0.05) is 23.3 Å². The number of aromatic nitrogens is 3. The molecule has 0 aliphatic heterocycles. The van der Waals surface area contributed by atoms with E-state index in [9.17, 15) is 4.79 Å². The van der Waals surface area contributed by atoms with E-state index in [1.54, 1.807) is 35.1 Å². The van der Waals surface area contributed by atoms with E-state index in [1.165, 1.54) is 11.8 Å². The van der Waals surface area contributed by atoms with Crippen LogP contribution in [0, 0.1) is 0 Å². The lowest BCUT2D eigenvalue weighted by molar-refractivity contribution is -0.118. The van der Waals surface area contributed by atoms with E-state index in [1.807, 2.05) is 41.1 Å². The number of para-hydroxylation sites is 1. The first kappa shape index (κ1) is 17.1. The summed E-state index contributed by atoms with van der Waals surface area (Å²) in [7, 11) is 0. The van der Waals surface area contributed by atoms with Gasteiger partial charge in [-0.3, -0.25) is 14.8 Å². The van der Waals surface area contributed by atoms with Crippen molar-refractivity contribution in [3.63, 3.8) is 0 Å². The number of carbonyl (C=O) groups is 1. The number of benzene rings is 1. The highest BCUT2D eigenvalue weighted by molar-refractivity contribution is 8.01. The number of hydrogen-bond donors (Lipinski definition) is 1. The molecule has 0 aliphatic carbocycles.